The van der Waals surface area contributed by atoms with Gasteiger partial charge in [-0.3, -0.25) is 14.1 Å². The van der Waals surface area contributed by atoms with Gasteiger partial charge in [-0.25, -0.2) is 18.4 Å². The van der Waals surface area contributed by atoms with Gasteiger partial charge in [0.25, 0.3) is 5.91 Å². The van der Waals surface area contributed by atoms with Gasteiger partial charge in [0.05, 0.1) is 12.8 Å². The van der Waals surface area contributed by atoms with E-state index in [0.717, 1.165) is 6.26 Å². The molecule has 0 saturated carbocycles. The summed E-state index contributed by atoms with van der Waals surface area (Å²) in [6.07, 6.45) is -0.929. The number of halogens is 3. The lowest BCUT2D eigenvalue weighted by Gasteiger charge is -2.19. The van der Waals surface area contributed by atoms with Crippen LogP contribution in [0.25, 0.3) is 0 Å². The highest BCUT2D eigenvalue weighted by molar-refractivity contribution is 7.92. The molecule has 2 aromatic heterocycles. The van der Waals surface area contributed by atoms with E-state index >= 15 is 0 Å². The highest BCUT2D eigenvalue weighted by atomic mass is 32.2. The largest absolute Gasteiger partial charge is 0.421 e. The topological polar surface area (TPSA) is 142 Å². The maximum absolute atomic E-state index is 13.6. The molecule has 186 valence electrons. The van der Waals surface area contributed by atoms with Crippen molar-refractivity contribution < 1.29 is 29.1 Å². The van der Waals surface area contributed by atoms with Crippen LogP contribution in [0.1, 0.15) is 24.4 Å². The summed E-state index contributed by atoms with van der Waals surface area (Å²) in [6.45, 7) is -0.394. The lowest BCUT2D eigenvalue weighted by atomic mass is 10.2. The van der Waals surface area contributed by atoms with Crippen molar-refractivity contribution in [1.29, 1.82) is 0 Å². The Labute approximate surface area is 201 Å². The summed E-state index contributed by atoms with van der Waals surface area (Å²) >= 11 is 0. The SMILES string of the molecule is [2H]CNC(=O)c1ccc(Nc2ncc(C(F)(F)F)c(NCc3nccnc3N(C[2H])S(C)(=O)=O)n2)cc1. The van der Waals surface area contributed by atoms with E-state index in [0.29, 0.717) is 16.2 Å². The fourth-order valence-corrected chi connectivity index (χ4v) is 3.20. The predicted octanol–water partition coefficient (Wildman–Crippen LogP) is 2.40. The molecular formula is C20H21F3N8O3S. The highest BCUT2D eigenvalue weighted by Gasteiger charge is 2.35. The number of nitrogens with zero attached hydrogens (tertiary/aromatic N) is 5. The molecule has 0 bridgehead atoms. The molecule has 1 amide bonds. The molecule has 0 atom stereocenters. The summed E-state index contributed by atoms with van der Waals surface area (Å²) < 4.78 is 80.0. The fourth-order valence-electron chi connectivity index (χ4n) is 2.74. The van der Waals surface area contributed by atoms with Crippen molar-refractivity contribution in [2.45, 2.75) is 12.7 Å². The van der Waals surface area contributed by atoms with Crippen molar-refractivity contribution in [2.24, 2.45) is 0 Å². The molecular weight excluding hydrogens is 489 g/mol. The van der Waals surface area contributed by atoms with Gasteiger partial charge in [0.1, 0.15) is 17.1 Å². The van der Waals surface area contributed by atoms with Crippen LogP contribution in [0.15, 0.2) is 42.9 Å². The zero-order valence-electron chi connectivity index (χ0n) is 20.2. The van der Waals surface area contributed by atoms with Crippen LogP contribution < -0.4 is 20.3 Å². The third-order valence-corrected chi connectivity index (χ3v) is 5.44. The fraction of sp³-hybridized carbons (Fsp3) is 0.250. The number of rotatable bonds is 8. The van der Waals surface area contributed by atoms with Crippen molar-refractivity contribution >= 4 is 39.2 Å². The van der Waals surface area contributed by atoms with E-state index in [1.165, 1.54) is 36.7 Å². The lowest BCUT2D eigenvalue weighted by Crippen LogP contribution is -2.27. The van der Waals surface area contributed by atoms with Crippen LogP contribution in [-0.2, 0) is 22.7 Å². The quantitative estimate of drug-likeness (QED) is 0.415. The molecule has 0 spiro atoms. The molecule has 0 radical (unpaired) electrons. The van der Waals surface area contributed by atoms with Crippen molar-refractivity contribution in [3.8, 4) is 0 Å². The number of hydrogen-bond acceptors (Lipinski definition) is 9. The van der Waals surface area contributed by atoms with Crippen LogP contribution in [0.4, 0.5) is 36.4 Å². The number of carbonyl (C=O) groups excluding carboxylic acids is 1. The van der Waals surface area contributed by atoms with Crippen molar-refractivity contribution in [3.05, 3.63) is 59.7 Å². The Morgan fingerprint density at radius 2 is 1.86 bits per heavy atom. The molecule has 3 rings (SSSR count). The summed E-state index contributed by atoms with van der Waals surface area (Å²) in [5.41, 5.74) is -0.540. The van der Waals surface area contributed by atoms with Gasteiger partial charge < -0.3 is 16.0 Å². The molecule has 0 aliphatic rings. The third-order valence-electron chi connectivity index (χ3n) is 4.47. The number of hydrogen-bond donors (Lipinski definition) is 3. The van der Waals surface area contributed by atoms with Gasteiger partial charge in [-0.1, -0.05) is 0 Å². The number of benzene rings is 1. The maximum Gasteiger partial charge on any atom is 0.421 e. The molecule has 0 unspecified atom stereocenters. The Kier molecular flexibility index (Phi) is 6.56. The minimum Gasteiger partial charge on any atom is -0.364 e. The first-order valence-electron chi connectivity index (χ1n) is 11.0. The smallest absolute Gasteiger partial charge is 0.364 e. The van der Waals surface area contributed by atoms with Gasteiger partial charge in [0.2, 0.25) is 16.0 Å². The monoisotopic (exact) mass is 512 g/mol. The molecule has 35 heavy (non-hydrogen) atoms. The molecule has 0 fully saturated rings. The van der Waals surface area contributed by atoms with Gasteiger partial charge >= 0.3 is 6.18 Å². The van der Waals surface area contributed by atoms with Crippen LogP contribution in [0, 0.1) is 0 Å². The van der Waals surface area contributed by atoms with Gasteiger partial charge in [-0.05, 0) is 24.3 Å². The summed E-state index contributed by atoms with van der Waals surface area (Å²) in [4.78, 5) is 27.3. The standard InChI is InChI=1S/C20H21F3N8O3S/c1-24-18(32)12-4-6-13(7-5-12)29-19-28-10-14(20(21,22)23)16(30-19)27-11-15-17(26-9-8-25-15)31(2)35(3,33)34/h4-10H,11H2,1-3H3,(H,24,32)(H2,27,28,29,30)/i1D,2D. The van der Waals surface area contributed by atoms with Crippen molar-refractivity contribution in [2.75, 3.05) is 35.2 Å². The van der Waals surface area contributed by atoms with E-state index in [4.69, 9.17) is 2.74 Å². The first-order valence-corrected chi connectivity index (χ1v) is 11.5. The normalized spacial score (nSPS) is 12.3. The summed E-state index contributed by atoms with van der Waals surface area (Å²) in [5, 5.41) is 7.56. The van der Waals surface area contributed by atoms with Gasteiger partial charge in [-0.15, -0.1) is 0 Å². The average Bonchev–Trinajstić information content (AvgIpc) is 2.83. The Balaban J connectivity index is 1.87. The minimum absolute atomic E-state index is 0.0250. The van der Waals surface area contributed by atoms with Crippen LogP contribution in [-0.4, -0.2) is 54.6 Å². The van der Waals surface area contributed by atoms with E-state index in [9.17, 15) is 26.4 Å². The molecule has 11 nitrogen and oxygen atoms in total. The average molecular weight is 513 g/mol. The number of amides is 1. The summed E-state index contributed by atoms with van der Waals surface area (Å²) in [7, 11) is -4.89. The van der Waals surface area contributed by atoms with E-state index in [2.05, 4.69) is 35.9 Å². The second-order valence-corrected chi connectivity index (χ2v) is 8.86. The van der Waals surface area contributed by atoms with E-state index in [1.54, 1.807) is 0 Å². The zero-order valence-corrected chi connectivity index (χ0v) is 19.0. The number of alkyl halides is 3. The van der Waals surface area contributed by atoms with Crippen LogP contribution in [0.2, 0.25) is 0 Å². The predicted molar refractivity (Wildman–Crippen MR) is 123 cm³/mol. The van der Waals surface area contributed by atoms with Crippen molar-refractivity contribution in [1.82, 2.24) is 25.3 Å². The number of nitrogens with one attached hydrogen (secondary N) is 3. The van der Waals surface area contributed by atoms with Crippen LogP contribution in [0.3, 0.4) is 0 Å². The van der Waals surface area contributed by atoms with Crippen LogP contribution >= 0.6 is 0 Å². The van der Waals surface area contributed by atoms with Gasteiger partial charge in [0, 0.05) is 46.6 Å². The Hall–Kier alpha value is -4.01. The van der Waals surface area contributed by atoms with E-state index < -0.39 is 47.1 Å². The van der Waals surface area contributed by atoms with Crippen molar-refractivity contribution in [3.63, 3.8) is 0 Å². The highest BCUT2D eigenvalue weighted by Crippen LogP contribution is 2.34. The molecule has 1 aromatic carbocycles. The molecule has 3 N–H and O–H groups in total. The first kappa shape index (κ1) is 22.8. The lowest BCUT2D eigenvalue weighted by molar-refractivity contribution is -0.137. The zero-order chi connectivity index (χ0) is 27.2. The molecule has 2 heterocycles. The molecule has 0 saturated heterocycles. The Morgan fingerprint density at radius 1 is 1.14 bits per heavy atom. The molecule has 0 aliphatic heterocycles. The number of sulfonamides is 1. The van der Waals surface area contributed by atoms with Crippen LogP contribution in [0.5, 0.6) is 0 Å². The molecule has 15 heteroatoms. The maximum atomic E-state index is 13.6. The Morgan fingerprint density at radius 3 is 2.49 bits per heavy atom. The van der Waals surface area contributed by atoms with Gasteiger partial charge in [0.15, 0.2) is 5.82 Å². The second-order valence-electron chi connectivity index (χ2n) is 6.95. The summed E-state index contributed by atoms with van der Waals surface area (Å²) in [5.74, 6) is -1.46. The summed E-state index contributed by atoms with van der Waals surface area (Å²) in [6, 6.07) is 5.87. The van der Waals surface area contributed by atoms with E-state index in [1.807, 2.05) is 0 Å². The first-order chi connectivity index (χ1) is 17.4. The third kappa shape index (κ3) is 6.32. The number of anilines is 4. The molecule has 0 aliphatic carbocycles. The van der Waals surface area contributed by atoms with Gasteiger partial charge in [-0.2, -0.15) is 18.2 Å². The Bertz CT molecular complexity index is 1360. The number of carbonyl (C=O) groups is 1. The second kappa shape index (κ2) is 10.1. The molecule has 3 aromatic rings. The number of aromatic nitrogens is 4. The minimum atomic E-state index is -4.81. The van der Waals surface area contributed by atoms with E-state index in [-0.39, 0.29) is 30.0 Å².